The van der Waals surface area contributed by atoms with E-state index in [-0.39, 0.29) is 11.6 Å². The Hall–Kier alpha value is -3.09. The fourth-order valence-corrected chi connectivity index (χ4v) is 3.43. The van der Waals surface area contributed by atoms with Crippen LogP contribution in [0, 0.1) is 17.0 Å². The Morgan fingerprint density at radius 1 is 1.07 bits per heavy atom. The molecule has 0 spiro atoms. The molecule has 0 aliphatic carbocycles. The van der Waals surface area contributed by atoms with Crippen LogP contribution in [0.4, 0.5) is 11.4 Å². The normalized spacial score (nSPS) is 14.0. The number of amides is 1. The Morgan fingerprint density at radius 2 is 1.79 bits per heavy atom. The van der Waals surface area contributed by atoms with E-state index in [4.69, 9.17) is 4.74 Å². The summed E-state index contributed by atoms with van der Waals surface area (Å²) in [5, 5.41) is 10.8. The van der Waals surface area contributed by atoms with Crippen LogP contribution in [-0.4, -0.2) is 48.5 Å². The van der Waals surface area contributed by atoms with Gasteiger partial charge in [0.15, 0.2) is 0 Å². The lowest BCUT2D eigenvalue weighted by Crippen LogP contribution is -2.48. The molecule has 1 fully saturated rings. The van der Waals surface area contributed by atoms with Crippen LogP contribution in [0.25, 0.3) is 0 Å². The van der Waals surface area contributed by atoms with Gasteiger partial charge in [-0.15, -0.1) is 0 Å². The van der Waals surface area contributed by atoms with E-state index >= 15 is 0 Å². The minimum atomic E-state index is -0.397. The van der Waals surface area contributed by atoms with Crippen molar-refractivity contribution in [3.05, 3.63) is 64.2 Å². The fourth-order valence-electron chi connectivity index (χ4n) is 3.43. The number of anilines is 1. The Labute approximate surface area is 171 Å². The van der Waals surface area contributed by atoms with Gasteiger partial charge in [-0.2, -0.15) is 0 Å². The first-order valence-corrected chi connectivity index (χ1v) is 9.99. The topological polar surface area (TPSA) is 75.9 Å². The van der Waals surface area contributed by atoms with Crippen LogP contribution in [0.2, 0.25) is 0 Å². The van der Waals surface area contributed by atoms with Crippen molar-refractivity contribution < 1.29 is 14.5 Å². The van der Waals surface area contributed by atoms with Gasteiger partial charge in [-0.05, 0) is 49.6 Å². The molecule has 154 valence electrons. The highest BCUT2D eigenvalue weighted by atomic mass is 16.6. The largest absolute Gasteiger partial charge is 0.494 e. The minimum absolute atomic E-state index is 0.0916. The van der Waals surface area contributed by atoms with Gasteiger partial charge in [0.1, 0.15) is 5.75 Å². The lowest BCUT2D eigenvalue weighted by Gasteiger charge is -2.36. The third-order valence-corrected chi connectivity index (χ3v) is 5.10. The highest BCUT2D eigenvalue weighted by molar-refractivity contribution is 5.76. The second-order valence-electron chi connectivity index (χ2n) is 7.26. The van der Waals surface area contributed by atoms with Crippen LogP contribution >= 0.6 is 0 Å². The summed E-state index contributed by atoms with van der Waals surface area (Å²) in [7, 11) is 0. The van der Waals surface area contributed by atoms with Crippen LogP contribution in [0.5, 0.6) is 5.75 Å². The summed E-state index contributed by atoms with van der Waals surface area (Å²) >= 11 is 0. The second kappa shape index (κ2) is 9.91. The van der Waals surface area contributed by atoms with E-state index < -0.39 is 4.92 Å². The number of hydrogen-bond acceptors (Lipinski definition) is 5. The number of ether oxygens (including phenoxy) is 1. The molecule has 1 heterocycles. The number of unbranched alkanes of at least 4 members (excludes halogenated alkanes) is 1. The second-order valence-corrected chi connectivity index (χ2v) is 7.26. The van der Waals surface area contributed by atoms with Crippen LogP contribution < -0.4 is 9.64 Å². The van der Waals surface area contributed by atoms with Crippen molar-refractivity contribution in [3.63, 3.8) is 0 Å². The van der Waals surface area contributed by atoms with E-state index in [1.807, 2.05) is 36.1 Å². The number of nitro groups is 1. The Kier molecular flexibility index (Phi) is 7.05. The molecule has 0 aromatic heterocycles. The van der Waals surface area contributed by atoms with Crippen molar-refractivity contribution in [2.75, 3.05) is 37.7 Å². The van der Waals surface area contributed by atoms with Crippen LogP contribution in [0.15, 0.2) is 48.5 Å². The summed E-state index contributed by atoms with van der Waals surface area (Å²) in [6, 6.07) is 14.5. The maximum atomic E-state index is 12.4. The van der Waals surface area contributed by atoms with Crippen LogP contribution in [0.3, 0.4) is 0 Å². The quantitative estimate of drug-likeness (QED) is 0.385. The minimum Gasteiger partial charge on any atom is -0.494 e. The summed E-state index contributed by atoms with van der Waals surface area (Å²) in [4.78, 5) is 26.9. The molecule has 0 unspecified atom stereocenters. The van der Waals surface area contributed by atoms with Crippen molar-refractivity contribution in [3.8, 4) is 5.75 Å². The molecule has 7 nitrogen and oxygen atoms in total. The van der Waals surface area contributed by atoms with Gasteiger partial charge in [0, 0.05) is 50.4 Å². The molecule has 1 aliphatic rings. The number of nitrogens with zero attached hydrogens (tertiary/aromatic N) is 3. The zero-order valence-corrected chi connectivity index (χ0v) is 16.8. The van der Waals surface area contributed by atoms with Crippen molar-refractivity contribution in [2.45, 2.75) is 26.2 Å². The van der Waals surface area contributed by atoms with Gasteiger partial charge in [0.05, 0.1) is 11.5 Å². The van der Waals surface area contributed by atoms with E-state index in [9.17, 15) is 14.9 Å². The van der Waals surface area contributed by atoms with Crippen LogP contribution in [-0.2, 0) is 4.79 Å². The first-order chi connectivity index (χ1) is 14.0. The molecular weight excluding hydrogens is 370 g/mol. The standard InChI is InChI=1S/C22H27N3O4/c1-18-5-4-6-21(17-18)29-16-3-2-7-22(26)24-14-12-23(13-15-24)19-8-10-20(11-9-19)25(27)28/h4-6,8-11,17H,2-3,7,12-16H2,1H3. The SMILES string of the molecule is Cc1cccc(OCCCCC(=O)N2CCN(c3ccc([N+](=O)[O-])cc3)CC2)c1. The molecule has 1 aliphatic heterocycles. The molecule has 7 heteroatoms. The number of rotatable bonds is 8. The van der Waals surface area contributed by atoms with Gasteiger partial charge in [-0.1, -0.05) is 12.1 Å². The average Bonchev–Trinajstić information content (AvgIpc) is 2.73. The molecule has 1 saturated heterocycles. The maximum absolute atomic E-state index is 12.4. The lowest BCUT2D eigenvalue weighted by atomic mass is 10.2. The first kappa shape index (κ1) is 20.6. The van der Waals surface area contributed by atoms with Crippen molar-refractivity contribution in [2.24, 2.45) is 0 Å². The Morgan fingerprint density at radius 3 is 2.45 bits per heavy atom. The van der Waals surface area contributed by atoms with Crippen molar-refractivity contribution in [1.82, 2.24) is 4.90 Å². The zero-order valence-electron chi connectivity index (χ0n) is 16.8. The molecule has 0 radical (unpaired) electrons. The summed E-state index contributed by atoms with van der Waals surface area (Å²) in [6.07, 6.45) is 2.20. The summed E-state index contributed by atoms with van der Waals surface area (Å²) < 4.78 is 5.73. The molecule has 2 aromatic rings. The van der Waals surface area contributed by atoms with Crippen molar-refractivity contribution >= 4 is 17.3 Å². The molecule has 0 atom stereocenters. The predicted molar refractivity (Wildman–Crippen MR) is 112 cm³/mol. The number of hydrogen-bond donors (Lipinski definition) is 0. The smallest absolute Gasteiger partial charge is 0.269 e. The molecule has 29 heavy (non-hydrogen) atoms. The number of carbonyl (C=O) groups excluding carboxylic acids is 1. The number of carbonyl (C=O) groups is 1. The molecule has 0 saturated carbocycles. The van der Waals surface area contributed by atoms with Gasteiger partial charge in [-0.25, -0.2) is 0 Å². The average molecular weight is 397 g/mol. The number of benzene rings is 2. The third-order valence-electron chi connectivity index (χ3n) is 5.10. The van der Waals surface area contributed by atoms with E-state index in [1.54, 1.807) is 12.1 Å². The molecular formula is C22H27N3O4. The maximum Gasteiger partial charge on any atom is 0.269 e. The van der Waals surface area contributed by atoms with Gasteiger partial charge in [0.2, 0.25) is 5.91 Å². The number of piperazine rings is 1. The fraction of sp³-hybridized carbons (Fsp3) is 0.409. The molecule has 3 rings (SSSR count). The molecule has 0 bridgehead atoms. The van der Waals surface area contributed by atoms with E-state index in [0.717, 1.165) is 37.4 Å². The molecule has 1 amide bonds. The summed E-state index contributed by atoms with van der Waals surface area (Å²) in [5.74, 6) is 1.06. The van der Waals surface area contributed by atoms with Gasteiger partial charge >= 0.3 is 0 Å². The zero-order chi connectivity index (χ0) is 20.6. The lowest BCUT2D eigenvalue weighted by molar-refractivity contribution is -0.384. The first-order valence-electron chi connectivity index (χ1n) is 9.99. The number of aryl methyl sites for hydroxylation is 1. The van der Waals surface area contributed by atoms with E-state index in [2.05, 4.69) is 4.90 Å². The van der Waals surface area contributed by atoms with E-state index in [0.29, 0.717) is 26.1 Å². The summed E-state index contributed by atoms with van der Waals surface area (Å²) in [6.45, 7) is 5.48. The Balaban J connectivity index is 1.35. The highest BCUT2D eigenvalue weighted by Crippen LogP contribution is 2.21. The monoisotopic (exact) mass is 397 g/mol. The predicted octanol–water partition coefficient (Wildman–Crippen LogP) is 3.80. The van der Waals surface area contributed by atoms with E-state index in [1.165, 1.54) is 17.7 Å². The molecule has 2 aromatic carbocycles. The Bertz CT molecular complexity index is 830. The highest BCUT2D eigenvalue weighted by Gasteiger charge is 2.21. The van der Waals surface area contributed by atoms with Gasteiger partial charge in [-0.3, -0.25) is 14.9 Å². The molecule has 0 N–H and O–H groups in total. The van der Waals surface area contributed by atoms with Crippen molar-refractivity contribution in [1.29, 1.82) is 0 Å². The third kappa shape index (κ3) is 5.94. The number of nitro benzene ring substituents is 1. The summed E-state index contributed by atoms with van der Waals surface area (Å²) in [5.41, 5.74) is 2.22. The van der Waals surface area contributed by atoms with Crippen LogP contribution in [0.1, 0.15) is 24.8 Å². The van der Waals surface area contributed by atoms with Gasteiger partial charge in [0.25, 0.3) is 5.69 Å². The number of non-ortho nitro benzene ring substituents is 1. The van der Waals surface area contributed by atoms with Gasteiger partial charge < -0.3 is 14.5 Å².